The van der Waals surface area contributed by atoms with Crippen LogP contribution in [0.4, 0.5) is 4.39 Å². The number of amides is 1. The number of rotatable bonds is 2. The maximum atomic E-state index is 12.8. The summed E-state index contributed by atoms with van der Waals surface area (Å²) in [5, 5.41) is 2.83. The Balaban J connectivity index is 2.59. The van der Waals surface area contributed by atoms with Crippen molar-refractivity contribution >= 4 is 5.91 Å². The van der Waals surface area contributed by atoms with Gasteiger partial charge in [-0.1, -0.05) is 12.1 Å². The Bertz CT molecular complexity index is 355. The maximum absolute atomic E-state index is 12.8. The van der Waals surface area contributed by atoms with Gasteiger partial charge in [0.05, 0.1) is 6.42 Å². The summed E-state index contributed by atoms with van der Waals surface area (Å²) in [6.07, 6.45) is 0.217. The third-order valence-corrected chi connectivity index (χ3v) is 1.77. The monoisotopic (exact) mass is 209 g/mol. The quantitative estimate of drug-likeness (QED) is 0.795. The summed E-state index contributed by atoms with van der Waals surface area (Å²) in [7, 11) is 0. The van der Waals surface area contributed by atoms with E-state index in [0.717, 1.165) is 0 Å². The van der Waals surface area contributed by atoms with E-state index < -0.39 is 0 Å². The Labute approximate surface area is 89.5 Å². The fourth-order valence-electron chi connectivity index (χ4n) is 1.29. The first-order valence-electron chi connectivity index (χ1n) is 4.92. The van der Waals surface area contributed by atoms with E-state index in [1.54, 1.807) is 12.1 Å². The Kier molecular flexibility index (Phi) is 3.45. The highest BCUT2D eigenvalue weighted by molar-refractivity contribution is 5.79. The lowest BCUT2D eigenvalue weighted by Gasteiger charge is -2.20. The normalized spacial score (nSPS) is 11.2. The van der Waals surface area contributed by atoms with Crippen LogP contribution in [0.3, 0.4) is 0 Å². The summed E-state index contributed by atoms with van der Waals surface area (Å²) in [6, 6.07) is 6.09. The number of carbonyl (C=O) groups is 1. The molecule has 15 heavy (non-hydrogen) atoms. The van der Waals surface area contributed by atoms with E-state index in [-0.39, 0.29) is 23.7 Å². The predicted octanol–water partition coefficient (Wildman–Crippen LogP) is 2.28. The van der Waals surface area contributed by atoms with Crippen LogP contribution in [-0.4, -0.2) is 11.4 Å². The minimum atomic E-state index is -0.309. The van der Waals surface area contributed by atoms with Crippen LogP contribution < -0.4 is 5.32 Å². The largest absolute Gasteiger partial charge is 0.351 e. The molecule has 0 aliphatic rings. The van der Waals surface area contributed by atoms with Gasteiger partial charge in [-0.05, 0) is 38.5 Å². The molecule has 0 saturated heterocycles. The van der Waals surface area contributed by atoms with Gasteiger partial charge >= 0.3 is 0 Å². The summed E-state index contributed by atoms with van der Waals surface area (Å²) in [5.74, 6) is -0.399. The lowest BCUT2D eigenvalue weighted by Crippen LogP contribution is -2.41. The summed E-state index contributed by atoms with van der Waals surface area (Å²) >= 11 is 0. The van der Waals surface area contributed by atoms with Crippen LogP contribution in [0.5, 0.6) is 0 Å². The number of halogens is 1. The van der Waals surface area contributed by atoms with Crippen molar-refractivity contribution in [3.05, 3.63) is 35.6 Å². The van der Waals surface area contributed by atoms with E-state index in [9.17, 15) is 9.18 Å². The van der Waals surface area contributed by atoms with Gasteiger partial charge in [0.25, 0.3) is 0 Å². The van der Waals surface area contributed by atoms with Crippen molar-refractivity contribution in [2.75, 3.05) is 0 Å². The molecule has 3 heteroatoms. The summed E-state index contributed by atoms with van der Waals surface area (Å²) in [5.41, 5.74) is 0.446. The van der Waals surface area contributed by atoms with Gasteiger partial charge in [0.15, 0.2) is 0 Å². The molecule has 0 aliphatic carbocycles. The van der Waals surface area contributed by atoms with Gasteiger partial charge in [0.2, 0.25) is 5.91 Å². The molecule has 0 bridgehead atoms. The Morgan fingerprint density at radius 1 is 1.40 bits per heavy atom. The average molecular weight is 209 g/mol. The van der Waals surface area contributed by atoms with Gasteiger partial charge in [0.1, 0.15) is 5.82 Å². The number of benzene rings is 1. The Hall–Kier alpha value is -1.38. The molecule has 0 radical (unpaired) electrons. The molecule has 0 atom stereocenters. The number of hydrogen-bond donors (Lipinski definition) is 1. The predicted molar refractivity (Wildman–Crippen MR) is 58.0 cm³/mol. The third kappa shape index (κ3) is 4.58. The number of carbonyl (C=O) groups excluding carboxylic acids is 1. The molecule has 0 aliphatic heterocycles. The Morgan fingerprint density at radius 2 is 2.07 bits per heavy atom. The second kappa shape index (κ2) is 4.43. The van der Waals surface area contributed by atoms with E-state index in [2.05, 4.69) is 5.32 Å². The average Bonchev–Trinajstić information content (AvgIpc) is 1.99. The van der Waals surface area contributed by atoms with Crippen molar-refractivity contribution in [1.82, 2.24) is 5.32 Å². The van der Waals surface area contributed by atoms with Crippen LogP contribution in [0.1, 0.15) is 26.3 Å². The van der Waals surface area contributed by atoms with Crippen LogP contribution in [-0.2, 0) is 11.2 Å². The SMILES string of the molecule is CC(C)(C)NC(=O)Cc1cccc(F)c1. The van der Waals surface area contributed by atoms with E-state index >= 15 is 0 Å². The van der Waals surface area contributed by atoms with Gasteiger partial charge in [0, 0.05) is 5.54 Å². The van der Waals surface area contributed by atoms with Crippen molar-refractivity contribution in [1.29, 1.82) is 0 Å². The first kappa shape index (κ1) is 11.7. The topological polar surface area (TPSA) is 29.1 Å². The standard InChI is InChI=1S/C12H16FNO/c1-12(2,3)14-11(15)8-9-5-4-6-10(13)7-9/h4-7H,8H2,1-3H3,(H,14,15). The molecule has 0 aromatic heterocycles. The smallest absolute Gasteiger partial charge is 0.224 e. The van der Waals surface area contributed by atoms with Crippen molar-refractivity contribution in [2.45, 2.75) is 32.7 Å². The maximum Gasteiger partial charge on any atom is 0.224 e. The van der Waals surface area contributed by atoms with Crippen LogP contribution in [0.15, 0.2) is 24.3 Å². The molecule has 0 spiro atoms. The second-order valence-corrected chi connectivity index (χ2v) is 4.60. The highest BCUT2D eigenvalue weighted by atomic mass is 19.1. The van der Waals surface area contributed by atoms with Gasteiger partial charge in [-0.3, -0.25) is 4.79 Å². The summed E-state index contributed by atoms with van der Waals surface area (Å²) < 4.78 is 12.8. The third-order valence-electron chi connectivity index (χ3n) is 1.77. The molecule has 1 N–H and O–H groups in total. The first-order valence-corrected chi connectivity index (χ1v) is 4.92. The molecule has 0 unspecified atom stereocenters. The van der Waals surface area contributed by atoms with E-state index in [4.69, 9.17) is 0 Å². The fraction of sp³-hybridized carbons (Fsp3) is 0.417. The summed E-state index contributed by atoms with van der Waals surface area (Å²) in [4.78, 5) is 11.5. The molecule has 2 nitrogen and oxygen atoms in total. The molecular weight excluding hydrogens is 193 g/mol. The molecule has 1 aromatic carbocycles. The van der Waals surface area contributed by atoms with E-state index in [1.807, 2.05) is 20.8 Å². The van der Waals surface area contributed by atoms with Crippen LogP contribution in [0, 0.1) is 5.82 Å². The zero-order chi connectivity index (χ0) is 11.5. The highest BCUT2D eigenvalue weighted by Crippen LogP contribution is 2.05. The lowest BCUT2D eigenvalue weighted by molar-refractivity contribution is -0.121. The molecule has 1 amide bonds. The van der Waals surface area contributed by atoms with Gasteiger partial charge in [-0.2, -0.15) is 0 Å². The molecular formula is C12H16FNO. The van der Waals surface area contributed by atoms with Gasteiger partial charge in [-0.15, -0.1) is 0 Å². The van der Waals surface area contributed by atoms with E-state index in [1.165, 1.54) is 12.1 Å². The van der Waals surface area contributed by atoms with Crippen LogP contribution >= 0.6 is 0 Å². The number of nitrogens with one attached hydrogen (secondary N) is 1. The molecule has 0 fully saturated rings. The zero-order valence-electron chi connectivity index (χ0n) is 9.30. The van der Waals surface area contributed by atoms with Gasteiger partial charge < -0.3 is 5.32 Å². The highest BCUT2D eigenvalue weighted by Gasteiger charge is 2.13. The fourth-order valence-corrected chi connectivity index (χ4v) is 1.29. The molecule has 1 rings (SSSR count). The second-order valence-electron chi connectivity index (χ2n) is 4.60. The van der Waals surface area contributed by atoms with Crippen LogP contribution in [0.2, 0.25) is 0 Å². The Morgan fingerprint density at radius 3 is 2.60 bits per heavy atom. The van der Waals surface area contributed by atoms with Crippen molar-refractivity contribution in [3.63, 3.8) is 0 Å². The zero-order valence-corrected chi connectivity index (χ0v) is 9.30. The first-order chi connectivity index (χ1) is 6.87. The molecule has 0 heterocycles. The van der Waals surface area contributed by atoms with Crippen molar-refractivity contribution in [3.8, 4) is 0 Å². The van der Waals surface area contributed by atoms with Gasteiger partial charge in [-0.25, -0.2) is 4.39 Å². The molecule has 82 valence electrons. The van der Waals surface area contributed by atoms with Crippen molar-refractivity contribution < 1.29 is 9.18 Å². The van der Waals surface area contributed by atoms with Crippen molar-refractivity contribution in [2.24, 2.45) is 0 Å². The molecule has 1 aromatic rings. The molecule has 0 saturated carbocycles. The minimum Gasteiger partial charge on any atom is -0.351 e. The van der Waals surface area contributed by atoms with Crippen LogP contribution in [0.25, 0.3) is 0 Å². The lowest BCUT2D eigenvalue weighted by atomic mass is 10.1. The number of hydrogen-bond acceptors (Lipinski definition) is 1. The van der Waals surface area contributed by atoms with E-state index in [0.29, 0.717) is 5.56 Å². The minimum absolute atomic E-state index is 0.0897. The summed E-state index contributed by atoms with van der Waals surface area (Å²) in [6.45, 7) is 5.74.